The number of ether oxygens (including phenoxy) is 1. The van der Waals surface area contributed by atoms with Gasteiger partial charge in [0.2, 0.25) is 0 Å². The summed E-state index contributed by atoms with van der Waals surface area (Å²) in [7, 11) is 0. The molecule has 11 heteroatoms. The molecule has 0 saturated heterocycles. The molecule has 0 spiro atoms. The minimum atomic E-state index is -4.53. The van der Waals surface area contributed by atoms with E-state index >= 15 is 0 Å². The minimum absolute atomic E-state index is 0.112. The van der Waals surface area contributed by atoms with Crippen LogP contribution in [0.1, 0.15) is 5.56 Å². The van der Waals surface area contributed by atoms with E-state index < -0.39 is 24.2 Å². The molecular weight excluding hydrogens is 454 g/mol. The highest BCUT2D eigenvalue weighted by Crippen LogP contribution is 2.36. The van der Waals surface area contributed by atoms with Gasteiger partial charge < -0.3 is 9.72 Å². The number of benzene rings is 1. The molecule has 4 aromatic heterocycles. The Bertz CT molecular complexity index is 1590. The summed E-state index contributed by atoms with van der Waals surface area (Å²) in [6, 6.07) is 8.01. The Hall–Kier alpha value is -4.28. The third-order valence-electron chi connectivity index (χ3n) is 5.42. The Balaban J connectivity index is 1.85. The van der Waals surface area contributed by atoms with Crippen LogP contribution in [0.3, 0.4) is 0 Å². The molecule has 0 bridgehead atoms. The maximum absolute atomic E-state index is 14.4. The topological polar surface area (TPSA) is 87.5 Å². The molecule has 0 fully saturated rings. The van der Waals surface area contributed by atoms with Crippen LogP contribution in [0.25, 0.3) is 38.8 Å². The van der Waals surface area contributed by atoms with E-state index in [4.69, 9.17) is 4.74 Å². The largest absolute Gasteiger partial charge is 0.482 e. The van der Waals surface area contributed by atoms with Gasteiger partial charge >= 0.3 is 11.7 Å². The summed E-state index contributed by atoms with van der Waals surface area (Å²) in [6.45, 7) is 0.0343. The lowest BCUT2D eigenvalue weighted by Gasteiger charge is -2.15. The summed E-state index contributed by atoms with van der Waals surface area (Å²) < 4.78 is 58.9. The Morgan fingerprint density at radius 1 is 1.09 bits per heavy atom. The van der Waals surface area contributed by atoms with Crippen LogP contribution in [0.5, 0.6) is 5.75 Å². The van der Waals surface area contributed by atoms with Crippen LogP contribution in [-0.2, 0) is 0 Å². The van der Waals surface area contributed by atoms with Crippen LogP contribution in [0.4, 0.5) is 17.6 Å². The van der Waals surface area contributed by atoms with Crippen molar-refractivity contribution < 1.29 is 26.9 Å². The molecule has 2 N–H and O–H groups in total. The van der Waals surface area contributed by atoms with Crippen molar-refractivity contribution in [2.24, 2.45) is 0 Å². The Morgan fingerprint density at radius 3 is 2.59 bits per heavy atom. The first-order chi connectivity index (χ1) is 16.2. The number of aromatic nitrogens is 5. The van der Waals surface area contributed by atoms with Crippen molar-refractivity contribution in [3.05, 3.63) is 76.9 Å². The van der Waals surface area contributed by atoms with Crippen molar-refractivity contribution >= 4 is 21.9 Å². The number of halogens is 4. The van der Waals surface area contributed by atoms with Crippen molar-refractivity contribution in [3.8, 4) is 22.6 Å². The highest BCUT2D eigenvalue weighted by atomic mass is 19.4. The normalized spacial score (nSPS) is 11.9. The molecule has 0 atom stereocenters. The third-order valence-corrected chi connectivity index (χ3v) is 5.42. The minimum Gasteiger partial charge on any atom is -0.482 e. The monoisotopic (exact) mass is 470 g/mol. The lowest BCUT2D eigenvalue weighted by molar-refractivity contribution is -0.596. The molecule has 1 aromatic carbocycles. The van der Waals surface area contributed by atoms with Gasteiger partial charge in [0.05, 0.1) is 23.5 Å². The Kier molecular flexibility index (Phi) is 5.03. The summed E-state index contributed by atoms with van der Waals surface area (Å²) in [5.41, 5.74) is 1.48. The zero-order valence-corrected chi connectivity index (χ0v) is 17.6. The van der Waals surface area contributed by atoms with Crippen LogP contribution in [0.2, 0.25) is 0 Å². The van der Waals surface area contributed by atoms with Crippen molar-refractivity contribution in [2.45, 2.75) is 13.1 Å². The summed E-state index contributed by atoms with van der Waals surface area (Å²) in [5, 5.41) is 6.95. The van der Waals surface area contributed by atoms with Gasteiger partial charge in [-0.05, 0) is 13.0 Å². The van der Waals surface area contributed by atoms with Crippen LogP contribution < -0.4 is 14.9 Å². The number of alkyl halides is 3. The molecule has 0 aliphatic rings. The van der Waals surface area contributed by atoms with Crippen LogP contribution in [0, 0.1) is 12.7 Å². The number of nitrogens with one attached hydrogen (secondary N) is 2. The Morgan fingerprint density at radius 2 is 1.85 bits per heavy atom. The first-order valence-corrected chi connectivity index (χ1v) is 10.1. The highest BCUT2D eigenvalue weighted by molar-refractivity contribution is 6.05. The SMILES string of the molecule is Cc1c(OCC(F)(F)F)cnc2c(-c3ccc(F)c4[nH]ncc34)c(-[n+]3ccccc3)c(=O)[nH]c12. The molecule has 0 aliphatic heterocycles. The Labute approximate surface area is 188 Å². The van der Waals surface area contributed by atoms with Gasteiger partial charge in [-0.1, -0.05) is 12.1 Å². The fourth-order valence-electron chi connectivity index (χ4n) is 3.90. The number of aromatic amines is 2. The van der Waals surface area contributed by atoms with Crippen LogP contribution in [-0.4, -0.2) is 32.9 Å². The van der Waals surface area contributed by atoms with Crippen LogP contribution >= 0.6 is 0 Å². The average Bonchev–Trinajstić information content (AvgIpc) is 3.30. The molecule has 172 valence electrons. The van der Waals surface area contributed by atoms with Gasteiger partial charge in [-0.25, -0.2) is 9.37 Å². The first kappa shape index (κ1) is 21.6. The summed E-state index contributed by atoms with van der Waals surface area (Å²) in [6.07, 6.45) is 1.43. The van der Waals surface area contributed by atoms with Gasteiger partial charge in [-0.3, -0.25) is 9.89 Å². The van der Waals surface area contributed by atoms with Gasteiger partial charge in [0.25, 0.3) is 5.69 Å². The van der Waals surface area contributed by atoms with Gasteiger partial charge in [-0.15, -0.1) is 0 Å². The van der Waals surface area contributed by atoms with E-state index in [0.29, 0.717) is 22.0 Å². The van der Waals surface area contributed by atoms with Gasteiger partial charge in [-0.2, -0.15) is 22.8 Å². The average molecular weight is 470 g/mol. The predicted molar refractivity (Wildman–Crippen MR) is 115 cm³/mol. The fraction of sp³-hybridized carbons (Fsp3) is 0.130. The number of fused-ring (bicyclic) bond motifs is 2. The van der Waals surface area contributed by atoms with E-state index in [2.05, 4.69) is 20.2 Å². The van der Waals surface area contributed by atoms with E-state index in [1.165, 1.54) is 31.5 Å². The molecule has 5 rings (SSSR count). The molecule has 7 nitrogen and oxygen atoms in total. The summed E-state index contributed by atoms with van der Waals surface area (Å²) >= 11 is 0. The number of aryl methyl sites for hydroxylation is 1. The second kappa shape index (κ2) is 7.94. The maximum Gasteiger partial charge on any atom is 0.422 e. The number of nitrogens with zero attached hydrogens (tertiary/aromatic N) is 3. The van der Waals surface area contributed by atoms with Crippen molar-refractivity contribution in [1.29, 1.82) is 0 Å². The standard InChI is InChI=1S/C23H15F4N5O2/c1-12-16(34-11-23(25,26)27)10-28-20-17(13-5-6-15(24)19-14(13)9-29-31-19)21(22(33)30-18(12)20)32-7-3-2-4-8-32/h2-10H,11H2,1H3,(H-,29,30,31,33)/p+1. The second-order valence-corrected chi connectivity index (χ2v) is 7.59. The summed E-state index contributed by atoms with van der Waals surface area (Å²) in [4.78, 5) is 20.4. The van der Waals surface area contributed by atoms with Gasteiger partial charge in [0.1, 0.15) is 22.6 Å². The number of hydrogen-bond donors (Lipinski definition) is 2. The molecule has 5 aromatic rings. The number of rotatable bonds is 4. The van der Waals surface area contributed by atoms with Crippen molar-refractivity contribution in [3.63, 3.8) is 0 Å². The molecule has 0 radical (unpaired) electrons. The van der Waals surface area contributed by atoms with E-state index in [1.54, 1.807) is 35.2 Å². The molecule has 4 heterocycles. The van der Waals surface area contributed by atoms with E-state index in [0.717, 1.165) is 0 Å². The van der Waals surface area contributed by atoms with E-state index in [-0.39, 0.29) is 28.0 Å². The molecule has 34 heavy (non-hydrogen) atoms. The smallest absolute Gasteiger partial charge is 0.422 e. The first-order valence-electron chi connectivity index (χ1n) is 10.1. The molecular formula is C23H16F4N5O2+. The lowest BCUT2D eigenvalue weighted by Crippen LogP contribution is -2.37. The molecule has 0 aliphatic carbocycles. The van der Waals surface area contributed by atoms with Gasteiger partial charge in [0.15, 0.2) is 19.0 Å². The van der Waals surface area contributed by atoms with Crippen molar-refractivity contribution in [2.75, 3.05) is 6.61 Å². The number of pyridine rings is 3. The fourth-order valence-corrected chi connectivity index (χ4v) is 3.90. The molecule has 0 unspecified atom stereocenters. The molecule has 0 saturated carbocycles. The van der Waals surface area contributed by atoms with E-state index in [1.807, 2.05) is 0 Å². The predicted octanol–water partition coefficient (Wildman–Crippen LogP) is 4.13. The quantitative estimate of drug-likeness (QED) is 0.306. The van der Waals surface area contributed by atoms with Crippen molar-refractivity contribution in [1.82, 2.24) is 20.2 Å². The second-order valence-electron chi connectivity index (χ2n) is 7.59. The third kappa shape index (κ3) is 3.64. The number of H-pyrrole nitrogens is 2. The highest BCUT2D eigenvalue weighted by Gasteiger charge is 2.30. The zero-order chi connectivity index (χ0) is 24.0. The summed E-state index contributed by atoms with van der Waals surface area (Å²) in [5.74, 6) is -0.634. The van der Waals surface area contributed by atoms with E-state index in [9.17, 15) is 22.4 Å². The maximum atomic E-state index is 14.4. The lowest BCUT2D eigenvalue weighted by atomic mass is 9.98. The van der Waals surface area contributed by atoms with Gasteiger partial charge in [0, 0.05) is 28.6 Å². The zero-order valence-electron chi connectivity index (χ0n) is 17.6. The molecule has 0 amide bonds. The van der Waals surface area contributed by atoms with Crippen LogP contribution in [0.15, 0.2) is 59.9 Å². The number of hydrogen-bond acceptors (Lipinski definition) is 4.